The topological polar surface area (TPSA) is 17.1 Å². The molecule has 0 radical (unpaired) electrons. The van der Waals surface area contributed by atoms with Crippen molar-refractivity contribution in [2.24, 2.45) is 0 Å². The van der Waals surface area contributed by atoms with Crippen molar-refractivity contribution in [1.82, 2.24) is 0 Å². The number of thioether (sulfide) groups is 1. The summed E-state index contributed by atoms with van der Waals surface area (Å²) in [5.41, 5.74) is 1.84. The van der Waals surface area contributed by atoms with Gasteiger partial charge in [-0.2, -0.15) is 0 Å². The molecule has 0 fully saturated rings. The lowest BCUT2D eigenvalue weighted by molar-refractivity contribution is 0.0990. The number of benzene rings is 2. The van der Waals surface area contributed by atoms with Gasteiger partial charge in [0.2, 0.25) is 0 Å². The van der Waals surface area contributed by atoms with Crippen LogP contribution >= 0.6 is 27.7 Å². The van der Waals surface area contributed by atoms with Gasteiger partial charge >= 0.3 is 0 Å². The van der Waals surface area contributed by atoms with Crippen molar-refractivity contribution in [3.8, 4) is 0 Å². The molecular formula is C15H13BrOS. The van der Waals surface area contributed by atoms with Gasteiger partial charge in [0, 0.05) is 21.4 Å². The summed E-state index contributed by atoms with van der Waals surface area (Å²) in [5.74, 6) is 0.165. The van der Waals surface area contributed by atoms with E-state index >= 15 is 0 Å². The minimum atomic E-state index is 0.165. The molecule has 0 aliphatic carbocycles. The van der Waals surface area contributed by atoms with Crippen molar-refractivity contribution in [3.63, 3.8) is 0 Å². The summed E-state index contributed by atoms with van der Waals surface area (Å²) in [7, 11) is 0. The lowest BCUT2D eigenvalue weighted by atomic mass is 10.0. The molecule has 0 atom stereocenters. The zero-order chi connectivity index (χ0) is 13.0. The Hall–Kier alpha value is -1.06. The van der Waals surface area contributed by atoms with E-state index in [0.29, 0.717) is 6.42 Å². The normalized spacial score (nSPS) is 10.3. The minimum Gasteiger partial charge on any atom is -0.294 e. The third-order valence-corrected chi connectivity index (χ3v) is 3.95. The van der Waals surface area contributed by atoms with Gasteiger partial charge in [-0.1, -0.05) is 46.3 Å². The number of carbonyl (C=O) groups excluding carboxylic acids is 1. The molecule has 0 aromatic heterocycles. The summed E-state index contributed by atoms with van der Waals surface area (Å²) >= 11 is 5.03. The number of hydrogen-bond acceptors (Lipinski definition) is 2. The fourth-order valence-electron chi connectivity index (χ4n) is 1.80. The number of rotatable bonds is 4. The highest BCUT2D eigenvalue weighted by Crippen LogP contribution is 2.22. The minimum absolute atomic E-state index is 0.165. The van der Waals surface area contributed by atoms with E-state index in [9.17, 15) is 4.79 Å². The van der Waals surface area contributed by atoms with E-state index < -0.39 is 0 Å². The molecule has 0 unspecified atom stereocenters. The average Bonchev–Trinajstić information content (AvgIpc) is 2.38. The third kappa shape index (κ3) is 3.24. The smallest absolute Gasteiger partial charge is 0.168 e. The Labute approximate surface area is 120 Å². The molecular weight excluding hydrogens is 308 g/mol. The maximum atomic E-state index is 12.3. The fourth-order valence-corrected chi connectivity index (χ4v) is 2.87. The molecule has 0 spiro atoms. The van der Waals surface area contributed by atoms with Gasteiger partial charge in [0.1, 0.15) is 0 Å². The van der Waals surface area contributed by atoms with E-state index in [0.717, 1.165) is 20.5 Å². The SMILES string of the molecule is CSc1ccccc1C(=O)Cc1cccc(Br)c1. The molecule has 0 aliphatic rings. The van der Waals surface area contributed by atoms with E-state index in [1.54, 1.807) is 11.8 Å². The Morgan fingerprint density at radius 3 is 2.67 bits per heavy atom. The predicted molar refractivity (Wildman–Crippen MR) is 80.4 cm³/mol. The van der Waals surface area contributed by atoms with Crippen molar-refractivity contribution >= 4 is 33.5 Å². The summed E-state index contributed by atoms with van der Waals surface area (Å²) in [5, 5.41) is 0. The van der Waals surface area contributed by atoms with Gasteiger partial charge in [-0.15, -0.1) is 11.8 Å². The highest BCUT2D eigenvalue weighted by atomic mass is 79.9. The summed E-state index contributed by atoms with van der Waals surface area (Å²) in [6, 6.07) is 15.6. The Balaban J connectivity index is 2.22. The lowest BCUT2D eigenvalue weighted by Gasteiger charge is -2.06. The number of halogens is 1. The number of hydrogen-bond donors (Lipinski definition) is 0. The molecule has 0 saturated heterocycles. The molecule has 0 aliphatic heterocycles. The molecule has 3 heteroatoms. The average molecular weight is 321 g/mol. The van der Waals surface area contributed by atoms with Crippen LogP contribution in [0.25, 0.3) is 0 Å². The van der Waals surface area contributed by atoms with Gasteiger partial charge in [-0.05, 0) is 30.0 Å². The van der Waals surface area contributed by atoms with Crippen LogP contribution in [0.3, 0.4) is 0 Å². The van der Waals surface area contributed by atoms with Crippen molar-refractivity contribution in [1.29, 1.82) is 0 Å². The van der Waals surface area contributed by atoms with Gasteiger partial charge in [0.25, 0.3) is 0 Å². The zero-order valence-corrected chi connectivity index (χ0v) is 12.4. The first-order valence-electron chi connectivity index (χ1n) is 5.61. The Bertz CT molecular complexity index is 566. The molecule has 0 amide bonds. The van der Waals surface area contributed by atoms with Crippen molar-refractivity contribution < 1.29 is 4.79 Å². The molecule has 18 heavy (non-hydrogen) atoms. The van der Waals surface area contributed by atoms with Crippen molar-refractivity contribution in [2.75, 3.05) is 6.26 Å². The third-order valence-electron chi connectivity index (χ3n) is 2.66. The fraction of sp³-hybridized carbons (Fsp3) is 0.133. The quantitative estimate of drug-likeness (QED) is 0.605. The lowest BCUT2D eigenvalue weighted by Crippen LogP contribution is -2.04. The van der Waals surface area contributed by atoms with E-state index in [2.05, 4.69) is 15.9 Å². The van der Waals surface area contributed by atoms with E-state index in [-0.39, 0.29) is 5.78 Å². The standard InChI is InChI=1S/C15H13BrOS/c1-18-15-8-3-2-7-13(15)14(17)10-11-5-4-6-12(16)9-11/h2-9H,10H2,1H3. The van der Waals surface area contributed by atoms with Gasteiger partial charge < -0.3 is 0 Å². The summed E-state index contributed by atoms with van der Waals surface area (Å²) in [6.45, 7) is 0. The molecule has 0 saturated carbocycles. The number of Topliss-reactive ketones (excluding diaryl/α,β-unsaturated/α-hetero) is 1. The van der Waals surface area contributed by atoms with Crippen LogP contribution in [0, 0.1) is 0 Å². The van der Waals surface area contributed by atoms with Crippen LogP contribution in [-0.4, -0.2) is 12.0 Å². The van der Waals surface area contributed by atoms with Crippen LogP contribution in [0.1, 0.15) is 15.9 Å². The first kappa shape index (κ1) is 13.4. The van der Waals surface area contributed by atoms with Gasteiger partial charge in [-0.25, -0.2) is 0 Å². The highest BCUT2D eigenvalue weighted by Gasteiger charge is 2.11. The van der Waals surface area contributed by atoms with Crippen LogP contribution in [0.15, 0.2) is 57.9 Å². The summed E-state index contributed by atoms with van der Waals surface area (Å²) in [6.07, 6.45) is 2.43. The number of ketones is 1. The first-order chi connectivity index (χ1) is 8.70. The summed E-state index contributed by atoms with van der Waals surface area (Å²) < 4.78 is 1.01. The van der Waals surface area contributed by atoms with Gasteiger partial charge in [-0.3, -0.25) is 4.79 Å². The molecule has 1 nitrogen and oxygen atoms in total. The highest BCUT2D eigenvalue weighted by molar-refractivity contribution is 9.10. The molecule has 2 aromatic carbocycles. The molecule has 0 bridgehead atoms. The second-order valence-electron chi connectivity index (χ2n) is 3.93. The molecule has 2 aromatic rings. The Morgan fingerprint density at radius 2 is 1.94 bits per heavy atom. The van der Waals surface area contributed by atoms with E-state index in [1.807, 2.05) is 54.8 Å². The Morgan fingerprint density at radius 1 is 1.17 bits per heavy atom. The Kier molecular flexibility index (Phi) is 4.61. The summed E-state index contributed by atoms with van der Waals surface area (Å²) in [4.78, 5) is 13.3. The maximum Gasteiger partial charge on any atom is 0.168 e. The molecule has 2 rings (SSSR count). The zero-order valence-electron chi connectivity index (χ0n) is 10.0. The van der Waals surface area contributed by atoms with Gasteiger partial charge in [0.05, 0.1) is 0 Å². The monoisotopic (exact) mass is 320 g/mol. The number of carbonyl (C=O) groups is 1. The van der Waals surface area contributed by atoms with Crippen molar-refractivity contribution in [3.05, 3.63) is 64.1 Å². The van der Waals surface area contributed by atoms with E-state index in [4.69, 9.17) is 0 Å². The van der Waals surface area contributed by atoms with Gasteiger partial charge in [0.15, 0.2) is 5.78 Å². The largest absolute Gasteiger partial charge is 0.294 e. The molecule has 92 valence electrons. The molecule has 0 N–H and O–H groups in total. The van der Waals surface area contributed by atoms with Crippen LogP contribution in [0.4, 0.5) is 0 Å². The van der Waals surface area contributed by atoms with Crippen LogP contribution in [0.2, 0.25) is 0 Å². The van der Waals surface area contributed by atoms with Crippen LogP contribution in [-0.2, 0) is 6.42 Å². The second-order valence-corrected chi connectivity index (χ2v) is 5.69. The van der Waals surface area contributed by atoms with Crippen LogP contribution in [0.5, 0.6) is 0 Å². The van der Waals surface area contributed by atoms with Crippen molar-refractivity contribution in [2.45, 2.75) is 11.3 Å². The first-order valence-corrected chi connectivity index (χ1v) is 7.63. The maximum absolute atomic E-state index is 12.3. The molecule has 0 heterocycles. The predicted octanol–water partition coefficient (Wildman–Crippen LogP) is 4.60. The van der Waals surface area contributed by atoms with Crippen LogP contribution < -0.4 is 0 Å². The van der Waals surface area contributed by atoms with E-state index in [1.165, 1.54) is 0 Å². The second kappa shape index (κ2) is 6.21.